The minimum Gasteiger partial charge on any atom is -0.478 e. The van der Waals surface area contributed by atoms with E-state index in [1.165, 1.54) is 6.92 Å². The number of carbonyl (C=O) groups is 1. The first-order chi connectivity index (χ1) is 6.38. The summed E-state index contributed by atoms with van der Waals surface area (Å²) >= 11 is 0. The average Bonchev–Trinajstić information content (AvgIpc) is 2.01. The zero-order chi connectivity index (χ0) is 10.9. The maximum Gasteiger partial charge on any atom is 0.344 e. The highest BCUT2D eigenvalue weighted by atomic mass is 32.2. The summed E-state index contributed by atoms with van der Waals surface area (Å²) in [4.78, 5) is 10.7. The fraction of sp³-hybridized carbons (Fsp3) is 0.429. The van der Waals surface area contributed by atoms with E-state index in [-0.39, 0.29) is 17.8 Å². The number of aliphatic carboxylic acids is 1. The first kappa shape index (κ1) is 10.7. The quantitative estimate of drug-likeness (QED) is 0.706. The lowest BCUT2D eigenvalue weighted by Gasteiger charge is -2.20. The fourth-order valence-corrected chi connectivity index (χ4v) is 2.16. The SMILES string of the molecule is CCN1C=C(C(=O)O)C(C)=NS1(=O)=O. The van der Waals surface area contributed by atoms with Crippen LogP contribution in [0.5, 0.6) is 0 Å². The Morgan fingerprint density at radius 3 is 2.64 bits per heavy atom. The van der Waals surface area contributed by atoms with Crippen LogP contribution in [-0.2, 0) is 15.0 Å². The Labute approximate surface area is 81.7 Å². The average molecular weight is 218 g/mol. The van der Waals surface area contributed by atoms with E-state index in [4.69, 9.17) is 5.11 Å². The summed E-state index contributed by atoms with van der Waals surface area (Å²) in [5.41, 5.74) is -0.0936. The summed E-state index contributed by atoms with van der Waals surface area (Å²) in [6, 6.07) is 0. The maximum atomic E-state index is 11.3. The van der Waals surface area contributed by atoms with Gasteiger partial charge in [0.1, 0.15) is 0 Å². The molecule has 7 heteroatoms. The summed E-state index contributed by atoms with van der Waals surface area (Å²) < 4.78 is 26.8. The Balaban J connectivity index is 3.23. The molecule has 0 fully saturated rings. The lowest BCUT2D eigenvalue weighted by molar-refractivity contribution is -0.132. The second-order valence-corrected chi connectivity index (χ2v) is 4.25. The van der Waals surface area contributed by atoms with E-state index in [0.717, 1.165) is 10.5 Å². The predicted octanol–water partition coefficient (Wildman–Crippen LogP) is -0.00390. The Kier molecular flexibility index (Phi) is 2.61. The van der Waals surface area contributed by atoms with E-state index < -0.39 is 16.2 Å². The summed E-state index contributed by atoms with van der Waals surface area (Å²) in [5.74, 6) is -1.18. The summed E-state index contributed by atoms with van der Waals surface area (Å²) in [6.07, 6.45) is 1.08. The van der Waals surface area contributed by atoms with Crippen molar-refractivity contribution in [1.82, 2.24) is 4.31 Å². The molecule has 0 bridgehead atoms. The minimum absolute atomic E-state index is 0.00204. The third kappa shape index (κ3) is 1.77. The van der Waals surface area contributed by atoms with Crippen LogP contribution in [0.25, 0.3) is 0 Å². The Morgan fingerprint density at radius 2 is 2.21 bits per heavy atom. The van der Waals surface area contributed by atoms with Crippen molar-refractivity contribution in [3.63, 3.8) is 0 Å². The van der Waals surface area contributed by atoms with Gasteiger partial charge < -0.3 is 5.11 Å². The fourth-order valence-electron chi connectivity index (χ4n) is 1.04. The van der Waals surface area contributed by atoms with Crippen molar-refractivity contribution >= 4 is 21.9 Å². The van der Waals surface area contributed by atoms with E-state index in [1.807, 2.05) is 0 Å². The Hall–Kier alpha value is -1.37. The van der Waals surface area contributed by atoms with Crippen LogP contribution in [-0.4, -0.2) is 36.1 Å². The topological polar surface area (TPSA) is 87.0 Å². The molecule has 0 unspecified atom stereocenters. The molecule has 1 N–H and O–H groups in total. The van der Waals surface area contributed by atoms with Crippen molar-refractivity contribution in [1.29, 1.82) is 0 Å². The maximum absolute atomic E-state index is 11.3. The third-order valence-corrected chi connectivity index (χ3v) is 3.21. The molecule has 1 rings (SSSR count). The molecule has 0 spiro atoms. The largest absolute Gasteiger partial charge is 0.478 e. The first-order valence-corrected chi connectivity index (χ1v) is 5.32. The lowest BCUT2D eigenvalue weighted by Crippen LogP contribution is -2.31. The monoisotopic (exact) mass is 218 g/mol. The van der Waals surface area contributed by atoms with Gasteiger partial charge in [0.25, 0.3) is 0 Å². The molecule has 6 nitrogen and oxygen atoms in total. The number of rotatable bonds is 2. The summed E-state index contributed by atoms with van der Waals surface area (Å²) in [7, 11) is -3.71. The molecule has 0 aliphatic carbocycles. The summed E-state index contributed by atoms with van der Waals surface area (Å²) in [5, 5.41) is 8.72. The highest BCUT2D eigenvalue weighted by Gasteiger charge is 2.26. The molecule has 0 saturated carbocycles. The highest BCUT2D eigenvalue weighted by molar-refractivity contribution is 7.88. The van der Waals surface area contributed by atoms with Gasteiger partial charge in [-0.05, 0) is 13.8 Å². The molecule has 78 valence electrons. The van der Waals surface area contributed by atoms with Crippen molar-refractivity contribution in [3.8, 4) is 0 Å². The van der Waals surface area contributed by atoms with Crippen molar-refractivity contribution in [2.45, 2.75) is 13.8 Å². The van der Waals surface area contributed by atoms with Crippen molar-refractivity contribution in [2.24, 2.45) is 4.40 Å². The standard InChI is InChI=1S/C7H10N2O4S/c1-3-9-4-6(7(10)11)5(2)8-14(9,12)13/h4H,3H2,1-2H3,(H,10,11). The first-order valence-electron chi connectivity index (χ1n) is 3.92. The summed E-state index contributed by atoms with van der Waals surface area (Å²) in [6.45, 7) is 3.12. The van der Waals surface area contributed by atoms with Crippen LogP contribution in [0.2, 0.25) is 0 Å². The van der Waals surface area contributed by atoms with Crippen LogP contribution < -0.4 is 0 Å². The van der Waals surface area contributed by atoms with Gasteiger partial charge in [-0.3, -0.25) is 4.31 Å². The van der Waals surface area contributed by atoms with Gasteiger partial charge in [0.2, 0.25) is 0 Å². The molecule has 0 aromatic heterocycles. The number of carboxylic acids is 1. The molecule has 0 aromatic rings. The van der Waals surface area contributed by atoms with Gasteiger partial charge in [0.15, 0.2) is 0 Å². The highest BCUT2D eigenvalue weighted by Crippen LogP contribution is 2.15. The van der Waals surface area contributed by atoms with Crippen LogP contribution in [0.15, 0.2) is 16.2 Å². The molecule has 0 radical (unpaired) electrons. The minimum atomic E-state index is -3.71. The van der Waals surface area contributed by atoms with E-state index in [0.29, 0.717) is 0 Å². The second-order valence-electron chi connectivity index (χ2n) is 2.71. The van der Waals surface area contributed by atoms with Gasteiger partial charge in [0, 0.05) is 12.7 Å². The van der Waals surface area contributed by atoms with Gasteiger partial charge in [0.05, 0.1) is 11.3 Å². The molecule has 0 amide bonds. The van der Waals surface area contributed by atoms with Crippen molar-refractivity contribution in [3.05, 3.63) is 11.8 Å². The Bertz CT molecular complexity index is 421. The van der Waals surface area contributed by atoms with E-state index in [2.05, 4.69) is 4.40 Å². The van der Waals surface area contributed by atoms with Crippen LogP contribution in [0.3, 0.4) is 0 Å². The second kappa shape index (κ2) is 3.41. The molecule has 1 aliphatic rings. The molecule has 14 heavy (non-hydrogen) atoms. The van der Waals surface area contributed by atoms with Crippen LogP contribution in [0.4, 0.5) is 0 Å². The molecular weight excluding hydrogens is 208 g/mol. The zero-order valence-electron chi connectivity index (χ0n) is 7.76. The van der Waals surface area contributed by atoms with Gasteiger partial charge in [-0.25, -0.2) is 4.79 Å². The van der Waals surface area contributed by atoms with E-state index in [9.17, 15) is 13.2 Å². The number of carboxylic acid groups (broad SMARTS) is 1. The van der Waals surface area contributed by atoms with E-state index in [1.54, 1.807) is 6.92 Å². The number of hydrogen-bond acceptors (Lipinski definition) is 3. The van der Waals surface area contributed by atoms with Gasteiger partial charge >= 0.3 is 16.2 Å². The van der Waals surface area contributed by atoms with Crippen LogP contribution >= 0.6 is 0 Å². The lowest BCUT2D eigenvalue weighted by atomic mass is 10.2. The van der Waals surface area contributed by atoms with Gasteiger partial charge in [-0.2, -0.15) is 8.42 Å². The normalized spacial score (nSPS) is 20.0. The number of nitrogens with zero attached hydrogens (tertiary/aromatic N) is 2. The number of hydrogen-bond donors (Lipinski definition) is 1. The molecular formula is C7H10N2O4S. The van der Waals surface area contributed by atoms with Crippen molar-refractivity contribution in [2.75, 3.05) is 6.54 Å². The van der Waals surface area contributed by atoms with E-state index >= 15 is 0 Å². The molecule has 1 aliphatic heterocycles. The molecule has 0 saturated heterocycles. The smallest absolute Gasteiger partial charge is 0.344 e. The predicted molar refractivity (Wildman–Crippen MR) is 50.1 cm³/mol. The van der Waals surface area contributed by atoms with Crippen LogP contribution in [0, 0.1) is 0 Å². The third-order valence-electron chi connectivity index (χ3n) is 1.75. The zero-order valence-corrected chi connectivity index (χ0v) is 8.58. The van der Waals surface area contributed by atoms with Gasteiger partial charge in [-0.1, -0.05) is 0 Å². The molecule has 0 aromatic carbocycles. The Morgan fingerprint density at radius 1 is 1.64 bits per heavy atom. The van der Waals surface area contributed by atoms with Gasteiger partial charge in [-0.15, -0.1) is 4.40 Å². The molecule has 0 atom stereocenters. The van der Waals surface area contributed by atoms with Crippen molar-refractivity contribution < 1.29 is 18.3 Å². The molecule has 1 heterocycles. The van der Waals surface area contributed by atoms with Crippen LogP contribution in [0.1, 0.15) is 13.8 Å².